The Hall–Kier alpha value is -3.19. The summed E-state index contributed by atoms with van der Waals surface area (Å²) in [7, 11) is 2.11. The van der Waals surface area contributed by atoms with Crippen molar-refractivity contribution in [3.05, 3.63) is 59.4 Å². The molecule has 2 amide bonds. The Kier molecular flexibility index (Phi) is 4.37. The van der Waals surface area contributed by atoms with Crippen LogP contribution in [0.5, 0.6) is 0 Å². The molecule has 0 unspecified atom stereocenters. The van der Waals surface area contributed by atoms with Crippen molar-refractivity contribution in [1.82, 2.24) is 19.7 Å². The van der Waals surface area contributed by atoms with Gasteiger partial charge in [0.25, 0.3) is 0 Å². The molecule has 27 heavy (non-hydrogen) atoms. The second-order valence-electron chi connectivity index (χ2n) is 6.88. The van der Waals surface area contributed by atoms with E-state index in [9.17, 15) is 4.79 Å². The summed E-state index contributed by atoms with van der Waals surface area (Å²) in [5, 5.41) is 7.47. The number of amides is 2. The summed E-state index contributed by atoms with van der Waals surface area (Å²) < 4.78 is 1.71. The molecule has 1 aromatic carbocycles. The number of aromatic nitrogens is 3. The van der Waals surface area contributed by atoms with Gasteiger partial charge in [0, 0.05) is 42.5 Å². The maximum absolute atomic E-state index is 11.5. The monoisotopic (exact) mass is 362 g/mol. The summed E-state index contributed by atoms with van der Waals surface area (Å²) in [6.07, 6.45) is 2.82. The zero-order chi connectivity index (χ0) is 19.0. The minimum absolute atomic E-state index is 0.568. The molecule has 1 aliphatic heterocycles. The molecular weight excluding hydrogens is 340 g/mol. The number of carbonyl (C=O) groups excluding carboxylic acids is 1. The van der Waals surface area contributed by atoms with Gasteiger partial charge in [0.2, 0.25) is 0 Å². The fourth-order valence-corrected chi connectivity index (χ4v) is 3.49. The number of hydrogen-bond donors (Lipinski definition) is 2. The highest BCUT2D eigenvalue weighted by Gasteiger charge is 2.21. The van der Waals surface area contributed by atoms with Gasteiger partial charge in [-0.2, -0.15) is 5.10 Å². The molecule has 3 N–H and O–H groups in total. The number of anilines is 1. The summed E-state index contributed by atoms with van der Waals surface area (Å²) in [5.41, 5.74) is 11.2. The van der Waals surface area contributed by atoms with Gasteiger partial charge in [-0.1, -0.05) is 18.2 Å². The van der Waals surface area contributed by atoms with Crippen molar-refractivity contribution < 1.29 is 4.79 Å². The highest BCUT2D eigenvalue weighted by atomic mass is 16.2. The molecule has 3 aromatic rings. The van der Waals surface area contributed by atoms with Crippen molar-refractivity contribution in [2.45, 2.75) is 19.9 Å². The zero-order valence-corrected chi connectivity index (χ0v) is 15.4. The molecule has 2 aromatic heterocycles. The van der Waals surface area contributed by atoms with Crippen LogP contribution in [0.25, 0.3) is 16.9 Å². The van der Waals surface area contributed by atoms with Crippen molar-refractivity contribution >= 4 is 11.8 Å². The Morgan fingerprint density at radius 1 is 1.26 bits per heavy atom. The lowest BCUT2D eigenvalue weighted by Gasteiger charge is -2.24. The number of para-hydroxylation sites is 1. The quantitative estimate of drug-likeness (QED) is 0.750. The van der Waals surface area contributed by atoms with Crippen LogP contribution >= 0.6 is 0 Å². The summed E-state index contributed by atoms with van der Waals surface area (Å²) in [5.74, 6) is 0.568. The Bertz CT molecular complexity index is 995. The number of likely N-dealkylation sites (N-methyl/N-ethyl adjacent to an activating group) is 1. The lowest BCUT2D eigenvalue weighted by molar-refractivity contribution is 0.259. The Morgan fingerprint density at radius 3 is 2.78 bits per heavy atom. The maximum atomic E-state index is 11.5. The molecule has 0 fully saturated rings. The number of benzene rings is 1. The topological polar surface area (TPSA) is 89.1 Å². The van der Waals surface area contributed by atoms with Crippen molar-refractivity contribution in [1.29, 1.82) is 0 Å². The van der Waals surface area contributed by atoms with Gasteiger partial charge < -0.3 is 10.6 Å². The first-order valence-electron chi connectivity index (χ1n) is 8.91. The predicted octanol–water partition coefficient (Wildman–Crippen LogP) is 2.72. The summed E-state index contributed by atoms with van der Waals surface area (Å²) >= 11 is 0. The summed E-state index contributed by atoms with van der Waals surface area (Å²) in [6.45, 7) is 3.83. The molecule has 138 valence electrons. The average molecular weight is 362 g/mol. The van der Waals surface area contributed by atoms with Crippen LogP contribution in [-0.4, -0.2) is 39.3 Å². The third-order valence-electron chi connectivity index (χ3n) is 4.87. The van der Waals surface area contributed by atoms with Gasteiger partial charge in [-0.15, -0.1) is 0 Å². The van der Waals surface area contributed by atoms with Crippen LogP contribution in [0.2, 0.25) is 0 Å². The van der Waals surface area contributed by atoms with Crippen molar-refractivity contribution in [3.63, 3.8) is 0 Å². The van der Waals surface area contributed by atoms with Crippen LogP contribution in [0.15, 0.2) is 42.6 Å². The van der Waals surface area contributed by atoms with Crippen LogP contribution in [0.1, 0.15) is 16.8 Å². The van der Waals surface area contributed by atoms with Crippen molar-refractivity contribution in [3.8, 4) is 16.9 Å². The van der Waals surface area contributed by atoms with Gasteiger partial charge in [0.05, 0.1) is 11.4 Å². The van der Waals surface area contributed by atoms with Crippen LogP contribution in [0.4, 0.5) is 10.6 Å². The average Bonchev–Trinajstić information content (AvgIpc) is 2.98. The molecule has 0 radical (unpaired) electrons. The van der Waals surface area contributed by atoms with E-state index in [0.29, 0.717) is 5.82 Å². The Balaban J connectivity index is 1.83. The number of hydrogen-bond acceptors (Lipinski definition) is 4. The summed E-state index contributed by atoms with van der Waals surface area (Å²) in [6, 6.07) is 11.2. The first-order valence-corrected chi connectivity index (χ1v) is 8.91. The van der Waals surface area contributed by atoms with E-state index in [4.69, 9.17) is 10.8 Å². The van der Waals surface area contributed by atoms with E-state index in [0.717, 1.165) is 47.7 Å². The number of rotatable bonds is 3. The van der Waals surface area contributed by atoms with Gasteiger partial charge in [0.1, 0.15) is 5.82 Å². The third kappa shape index (κ3) is 3.29. The Labute approximate surface area is 157 Å². The number of primary amides is 1. The smallest absolute Gasteiger partial charge is 0.317 e. The van der Waals surface area contributed by atoms with Crippen LogP contribution < -0.4 is 11.1 Å². The zero-order valence-electron chi connectivity index (χ0n) is 15.4. The fraction of sp³-hybridized carbons (Fsp3) is 0.250. The summed E-state index contributed by atoms with van der Waals surface area (Å²) in [4.78, 5) is 18.5. The third-order valence-corrected chi connectivity index (χ3v) is 4.87. The number of carbonyl (C=O) groups is 1. The molecule has 7 nitrogen and oxygen atoms in total. The first-order chi connectivity index (χ1) is 13.0. The minimum atomic E-state index is -0.619. The molecule has 0 aliphatic carbocycles. The molecule has 0 bridgehead atoms. The second-order valence-corrected chi connectivity index (χ2v) is 6.88. The lowest BCUT2D eigenvalue weighted by Crippen LogP contribution is -2.27. The van der Waals surface area contributed by atoms with Crippen LogP contribution in [0.3, 0.4) is 0 Å². The molecule has 0 saturated heterocycles. The lowest BCUT2D eigenvalue weighted by atomic mass is 10.0. The SMILES string of the molecule is Cc1c(-c2cnc3c(c2)CN(C)CC3)nn(-c2ccccc2)c1NC(N)=O. The standard InChI is InChI=1S/C20H22N6O/c1-13-18(14-10-15-12-25(2)9-8-17(15)22-11-14)24-26(19(13)23-20(21)27)16-6-4-3-5-7-16/h3-7,10-11H,8-9,12H2,1-2H3,(H3,21,23,27). The van der Waals surface area contributed by atoms with E-state index in [2.05, 4.69) is 28.3 Å². The van der Waals surface area contributed by atoms with Gasteiger partial charge in [-0.25, -0.2) is 9.48 Å². The molecule has 3 heterocycles. The van der Waals surface area contributed by atoms with E-state index in [1.807, 2.05) is 43.5 Å². The largest absolute Gasteiger partial charge is 0.351 e. The molecule has 0 saturated carbocycles. The van der Waals surface area contributed by atoms with E-state index >= 15 is 0 Å². The van der Waals surface area contributed by atoms with Gasteiger partial charge >= 0.3 is 6.03 Å². The van der Waals surface area contributed by atoms with Crippen LogP contribution in [-0.2, 0) is 13.0 Å². The van der Waals surface area contributed by atoms with Crippen molar-refractivity contribution in [2.75, 3.05) is 18.9 Å². The fourth-order valence-electron chi connectivity index (χ4n) is 3.49. The van der Waals surface area contributed by atoms with Gasteiger partial charge in [-0.05, 0) is 37.7 Å². The normalized spacial score (nSPS) is 14.0. The van der Waals surface area contributed by atoms with Gasteiger partial charge in [0.15, 0.2) is 0 Å². The molecular formula is C20H22N6O. The number of fused-ring (bicyclic) bond motifs is 1. The molecule has 4 rings (SSSR count). The van der Waals surface area contributed by atoms with E-state index in [-0.39, 0.29) is 0 Å². The molecule has 1 aliphatic rings. The maximum Gasteiger partial charge on any atom is 0.317 e. The van der Waals surface area contributed by atoms with Crippen molar-refractivity contribution in [2.24, 2.45) is 5.73 Å². The van der Waals surface area contributed by atoms with E-state index in [1.54, 1.807) is 4.68 Å². The molecule has 0 atom stereocenters. The number of pyridine rings is 1. The highest BCUT2D eigenvalue weighted by molar-refractivity contribution is 5.89. The minimum Gasteiger partial charge on any atom is -0.351 e. The Morgan fingerprint density at radius 2 is 2.04 bits per heavy atom. The number of nitrogens with two attached hydrogens (primary N) is 1. The van der Waals surface area contributed by atoms with Gasteiger partial charge in [-0.3, -0.25) is 10.3 Å². The number of urea groups is 1. The van der Waals surface area contributed by atoms with E-state index < -0.39 is 6.03 Å². The highest BCUT2D eigenvalue weighted by Crippen LogP contribution is 2.31. The number of nitrogens with zero attached hydrogens (tertiary/aromatic N) is 4. The number of nitrogens with one attached hydrogen (secondary N) is 1. The molecule has 7 heteroatoms. The predicted molar refractivity (Wildman–Crippen MR) is 105 cm³/mol. The van der Waals surface area contributed by atoms with Crippen LogP contribution in [0, 0.1) is 6.92 Å². The first kappa shape index (κ1) is 17.2. The van der Waals surface area contributed by atoms with E-state index in [1.165, 1.54) is 5.56 Å². The second kappa shape index (κ2) is 6.85. The molecule has 0 spiro atoms.